The minimum Gasteiger partial charge on any atom is -0.486 e. The zero-order valence-electron chi connectivity index (χ0n) is 12.1. The molecular formula is C16H19N3O2. The standard InChI is InChI=1S/C16H19N3O2/c1-20-16-4-2-3-14(19-16)11-21-15-8-7-13(18-10-15)9-17-12-5-6-12/h2-4,7-8,10,12,17H,5-6,9,11H2,1H3. The first-order chi connectivity index (χ1) is 10.3. The Balaban J connectivity index is 1.52. The van der Waals surface area contributed by atoms with Crippen LogP contribution in [0.1, 0.15) is 24.2 Å². The molecule has 0 aromatic carbocycles. The summed E-state index contributed by atoms with van der Waals surface area (Å²) in [4.78, 5) is 8.69. The first kappa shape index (κ1) is 13.8. The molecule has 5 nitrogen and oxygen atoms in total. The lowest BCUT2D eigenvalue weighted by atomic mass is 10.3. The van der Waals surface area contributed by atoms with Gasteiger partial charge in [-0.25, -0.2) is 4.98 Å². The van der Waals surface area contributed by atoms with Crippen molar-refractivity contribution in [2.75, 3.05) is 7.11 Å². The molecule has 0 bridgehead atoms. The fourth-order valence-electron chi connectivity index (χ4n) is 1.95. The van der Waals surface area contributed by atoms with E-state index in [1.807, 2.05) is 30.3 Å². The number of ether oxygens (including phenoxy) is 2. The number of nitrogens with one attached hydrogen (secondary N) is 1. The highest BCUT2D eigenvalue weighted by molar-refractivity contribution is 5.21. The summed E-state index contributed by atoms with van der Waals surface area (Å²) in [5, 5.41) is 3.44. The van der Waals surface area contributed by atoms with Crippen LogP contribution in [0.2, 0.25) is 0 Å². The molecule has 0 atom stereocenters. The Labute approximate surface area is 124 Å². The zero-order chi connectivity index (χ0) is 14.5. The monoisotopic (exact) mass is 285 g/mol. The molecule has 2 aromatic heterocycles. The lowest BCUT2D eigenvalue weighted by Gasteiger charge is -2.07. The van der Waals surface area contributed by atoms with E-state index in [9.17, 15) is 0 Å². The number of pyridine rings is 2. The van der Waals surface area contributed by atoms with Gasteiger partial charge in [-0.2, -0.15) is 0 Å². The summed E-state index contributed by atoms with van der Waals surface area (Å²) >= 11 is 0. The highest BCUT2D eigenvalue weighted by Gasteiger charge is 2.20. The summed E-state index contributed by atoms with van der Waals surface area (Å²) in [5.74, 6) is 1.34. The number of aromatic nitrogens is 2. The fourth-order valence-corrected chi connectivity index (χ4v) is 1.95. The van der Waals surface area contributed by atoms with Crippen LogP contribution in [0.5, 0.6) is 11.6 Å². The lowest BCUT2D eigenvalue weighted by molar-refractivity contribution is 0.296. The molecule has 0 unspecified atom stereocenters. The molecule has 0 amide bonds. The minimum absolute atomic E-state index is 0.401. The van der Waals surface area contributed by atoms with Gasteiger partial charge in [0.2, 0.25) is 5.88 Å². The number of rotatable bonds is 7. The van der Waals surface area contributed by atoms with E-state index < -0.39 is 0 Å². The second kappa shape index (κ2) is 6.54. The smallest absolute Gasteiger partial charge is 0.213 e. The number of methoxy groups -OCH3 is 1. The molecule has 5 heteroatoms. The van der Waals surface area contributed by atoms with Gasteiger partial charge in [0, 0.05) is 18.7 Å². The van der Waals surface area contributed by atoms with Crippen LogP contribution < -0.4 is 14.8 Å². The topological polar surface area (TPSA) is 56.3 Å². The Kier molecular flexibility index (Phi) is 4.31. The van der Waals surface area contributed by atoms with E-state index in [2.05, 4.69) is 15.3 Å². The average Bonchev–Trinajstić information content (AvgIpc) is 3.36. The molecule has 21 heavy (non-hydrogen) atoms. The number of nitrogens with zero attached hydrogens (tertiary/aromatic N) is 2. The van der Waals surface area contributed by atoms with E-state index >= 15 is 0 Å². The molecule has 0 radical (unpaired) electrons. The van der Waals surface area contributed by atoms with Gasteiger partial charge in [0.1, 0.15) is 12.4 Å². The van der Waals surface area contributed by atoms with Gasteiger partial charge in [0.05, 0.1) is 24.7 Å². The first-order valence-electron chi connectivity index (χ1n) is 7.14. The quantitative estimate of drug-likeness (QED) is 0.846. The summed E-state index contributed by atoms with van der Waals surface area (Å²) in [6.07, 6.45) is 4.33. The van der Waals surface area contributed by atoms with Crippen molar-refractivity contribution < 1.29 is 9.47 Å². The summed E-state index contributed by atoms with van der Waals surface area (Å²) in [6, 6.07) is 10.2. The van der Waals surface area contributed by atoms with Crippen molar-refractivity contribution in [2.24, 2.45) is 0 Å². The van der Waals surface area contributed by atoms with Gasteiger partial charge in [-0.05, 0) is 31.0 Å². The Morgan fingerprint density at radius 3 is 2.81 bits per heavy atom. The van der Waals surface area contributed by atoms with Crippen molar-refractivity contribution in [3.63, 3.8) is 0 Å². The van der Waals surface area contributed by atoms with E-state index in [4.69, 9.17) is 9.47 Å². The van der Waals surface area contributed by atoms with Gasteiger partial charge in [-0.1, -0.05) is 6.07 Å². The van der Waals surface area contributed by atoms with E-state index in [1.165, 1.54) is 12.8 Å². The molecule has 1 aliphatic rings. The minimum atomic E-state index is 0.401. The van der Waals surface area contributed by atoms with Gasteiger partial charge in [-0.3, -0.25) is 4.98 Å². The summed E-state index contributed by atoms with van der Waals surface area (Å²) in [5.41, 5.74) is 1.86. The Morgan fingerprint density at radius 2 is 2.10 bits per heavy atom. The van der Waals surface area contributed by atoms with Crippen molar-refractivity contribution in [1.82, 2.24) is 15.3 Å². The molecule has 1 saturated carbocycles. The van der Waals surface area contributed by atoms with Gasteiger partial charge in [0.25, 0.3) is 0 Å². The average molecular weight is 285 g/mol. The van der Waals surface area contributed by atoms with Crippen LogP contribution in [0.25, 0.3) is 0 Å². The lowest BCUT2D eigenvalue weighted by Crippen LogP contribution is -2.16. The van der Waals surface area contributed by atoms with Crippen molar-refractivity contribution in [3.05, 3.63) is 47.9 Å². The summed E-state index contributed by atoms with van der Waals surface area (Å²) in [7, 11) is 1.60. The van der Waals surface area contributed by atoms with Crippen LogP contribution in [0.15, 0.2) is 36.5 Å². The van der Waals surface area contributed by atoms with Crippen LogP contribution in [0.4, 0.5) is 0 Å². The third-order valence-electron chi connectivity index (χ3n) is 3.32. The van der Waals surface area contributed by atoms with Crippen LogP contribution in [-0.4, -0.2) is 23.1 Å². The second-order valence-electron chi connectivity index (χ2n) is 5.10. The maximum atomic E-state index is 5.68. The zero-order valence-corrected chi connectivity index (χ0v) is 12.1. The van der Waals surface area contributed by atoms with Gasteiger partial charge in [0.15, 0.2) is 0 Å². The second-order valence-corrected chi connectivity index (χ2v) is 5.10. The normalized spacial score (nSPS) is 14.0. The third kappa shape index (κ3) is 4.16. The number of hydrogen-bond acceptors (Lipinski definition) is 5. The SMILES string of the molecule is COc1cccc(COc2ccc(CNC3CC3)nc2)n1. The highest BCUT2D eigenvalue weighted by atomic mass is 16.5. The van der Waals surface area contributed by atoms with Gasteiger partial charge in [-0.15, -0.1) is 0 Å². The van der Waals surface area contributed by atoms with E-state index in [1.54, 1.807) is 13.3 Å². The maximum absolute atomic E-state index is 5.68. The Bertz CT molecular complexity index is 582. The molecule has 2 aromatic rings. The maximum Gasteiger partial charge on any atom is 0.213 e. The van der Waals surface area contributed by atoms with Crippen molar-refractivity contribution >= 4 is 0 Å². The molecule has 0 saturated heterocycles. The molecule has 1 aliphatic carbocycles. The van der Waals surface area contributed by atoms with E-state index in [-0.39, 0.29) is 0 Å². The van der Waals surface area contributed by atoms with E-state index in [0.717, 1.165) is 23.7 Å². The number of hydrogen-bond donors (Lipinski definition) is 1. The first-order valence-corrected chi connectivity index (χ1v) is 7.14. The van der Waals surface area contributed by atoms with Crippen molar-refractivity contribution in [3.8, 4) is 11.6 Å². The largest absolute Gasteiger partial charge is 0.486 e. The molecule has 3 rings (SSSR count). The highest BCUT2D eigenvalue weighted by Crippen LogP contribution is 2.19. The van der Waals surface area contributed by atoms with Crippen molar-refractivity contribution in [2.45, 2.75) is 32.0 Å². The fraction of sp³-hybridized carbons (Fsp3) is 0.375. The van der Waals surface area contributed by atoms with Gasteiger partial charge >= 0.3 is 0 Å². The van der Waals surface area contributed by atoms with E-state index in [0.29, 0.717) is 18.5 Å². The molecule has 2 heterocycles. The molecule has 0 aliphatic heterocycles. The van der Waals surface area contributed by atoms with Crippen LogP contribution in [0.3, 0.4) is 0 Å². The Morgan fingerprint density at radius 1 is 1.19 bits per heavy atom. The van der Waals surface area contributed by atoms with Crippen LogP contribution in [0, 0.1) is 0 Å². The summed E-state index contributed by atoms with van der Waals surface area (Å²) < 4.78 is 10.8. The summed E-state index contributed by atoms with van der Waals surface area (Å²) in [6.45, 7) is 1.22. The van der Waals surface area contributed by atoms with Gasteiger partial charge < -0.3 is 14.8 Å². The van der Waals surface area contributed by atoms with Crippen LogP contribution >= 0.6 is 0 Å². The molecule has 1 fully saturated rings. The van der Waals surface area contributed by atoms with Crippen LogP contribution in [-0.2, 0) is 13.2 Å². The molecule has 1 N–H and O–H groups in total. The Hall–Kier alpha value is -2.14. The molecule has 110 valence electrons. The molecule has 0 spiro atoms. The predicted octanol–water partition coefficient (Wildman–Crippen LogP) is 2.32. The predicted molar refractivity (Wildman–Crippen MR) is 79.2 cm³/mol. The molecular weight excluding hydrogens is 266 g/mol. The third-order valence-corrected chi connectivity index (χ3v) is 3.32. The van der Waals surface area contributed by atoms with Crippen molar-refractivity contribution in [1.29, 1.82) is 0 Å².